The van der Waals surface area contributed by atoms with Gasteiger partial charge in [0.25, 0.3) is 5.91 Å². The van der Waals surface area contributed by atoms with Crippen molar-refractivity contribution in [3.63, 3.8) is 0 Å². The number of halogens is 3. The molecular formula is C17H20F3N3O2. The van der Waals surface area contributed by atoms with Crippen LogP contribution in [0.1, 0.15) is 23.9 Å². The number of benzene rings is 1. The zero-order chi connectivity index (χ0) is 18.8. The summed E-state index contributed by atoms with van der Waals surface area (Å²) in [7, 11) is 1.71. The number of ether oxygens (including phenoxy) is 1. The first-order valence-corrected chi connectivity index (χ1v) is 7.62. The molecule has 0 radical (unpaired) electrons. The predicted octanol–water partition coefficient (Wildman–Crippen LogP) is 3.01. The number of hydrogen-bond acceptors (Lipinski definition) is 3. The van der Waals surface area contributed by atoms with Crippen LogP contribution in [0.3, 0.4) is 0 Å². The molecule has 0 bridgehead atoms. The lowest BCUT2D eigenvalue weighted by atomic mass is 9.91. The number of hydrogen-bond donors (Lipinski definition) is 1. The largest absolute Gasteiger partial charge is 0.480 e. The van der Waals surface area contributed by atoms with E-state index in [0.29, 0.717) is 17.1 Å². The van der Waals surface area contributed by atoms with Crippen LogP contribution in [0.5, 0.6) is 5.75 Å². The van der Waals surface area contributed by atoms with Crippen LogP contribution < -0.4 is 10.1 Å². The number of carbonyl (C=O) groups excluding carboxylic acids is 1. The van der Waals surface area contributed by atoms with Gasteiger partial charge in [-0.1, -0.05) is 30.3 Å². The van der Waals surface area contributed by atoms with E-state index in [0.717, 1.165) is 6.92 Å². The Morgan fingerprint density at radius 1 is 1.24 bits per heavy atom. The molecule has 0 spiro atoms. The highest BCUT2D eigenvalue weighted by Gasteiger charge is 2.53. The van der Waals surface area contributed by atoms with E-state index >= 15 is 0 Å². The van der Waals surface area contributed by atoms with E-state index in [9.17, 15) is 18.0 Å². The second-order valence-corrected chi connectivity index (χ2v) is 5.95. The molecule has 1 aromatic heterocycles. The summed E-state index contributed by atoms with van der Waals surface area (Å²) in [5.74, 6) is -0.475. The first kappa shape index (κ1) is 18.8. The highest BCUT2D eigenvalue weighted by atomic mass is 19.4. The number of nitrogens with zero attached hydrogens (tertiary/aromatic N) is 2. The fourth-order valence-electron chi connectivity index (χ4n) is 2.49. The van der Waals surface area contributed by atoms with Crippen molar-refractivity contribution in [3.8, 4) is 5.75 Å². The molecule has 0 saturated heterocycles. The number of nitrogens with one attached hydrogen (secondary N) is 1. The number of alkyl halides is 3. The van der Waals surface area contributed by atoms with Crippen molar-refractivity contribution < 1.29 is 22.7 Å². The molecule has 25 heavy (non-hydrogen) atoms. The van der Waals surface area contributed by atoms with Crippen molar-refractivity contribution >= 4 is 5.91 Å². The van der Waals surface area contributed by atoms with E-state index in [1.54, 1.807) is 31.6 Å². The van der Waals surface area contributed by atoms with E-state index in [1.165, 1.54) is 24.3 Å². The summed E-state index contributed by atoms with van der Waals surface area (Å²) < 4.78 is 47.7. The smallest absolute Gasteiger partial charge is 0.415 e. The van der Waals surface area contributed by atoms with Crippen molar-refractivity contribution in [3.05, 3.63) is 47.3 Å². The Morgan fingerprint density at radius 3 is 2.32 bits per heavy atom. The maximum absolute atomic E-state index is 13.6. The Labute approximate surface area is 143 Å². The van der Waals surface area contributed by atoms with Crippen molar-refractivity contribution in [1.29, 1.82) is 0 Å². The average molecular weight is 355 g/mol. The van der Waals surface area contributed by atoms with Gasteiger partial charge in [0.05, 0.1) is 5.69 Å². The third-order valence-electron chi connectivity index (χ3n) is 4.10. The molecule has 0 unspecified atom stereocenters. The summed E-state index contributed by atoms with van der Waals surface area (Å²) in [4.78, 5) is 12.1. The maximum atomic E-state index is 13.6. The van der Waals surface area contributed by atoms with Gasteiger partial charge in [-0.05, 0) is 26.3 Å². The van der Waals surface area contributed by atoms with Crippen LogP contribution >= 0.6 is 0 Å². The molecular weight excluding hydrogens is 335 g/mol. The molecule has 0 aliphatic heterocycles. The lowest BCUT2D eigenvalue weighted by molar-refractivity contribution is -0.197. The standard InChI is InChI=1S/C17H20F3N3O2/c1-11-15(12(2)23(4)22-11)25-10-14(24)21-16(3,17(18,19)20)13-8-6-5-7-9-13/h5-9H,10H2,1-4H3,(H,21,24)/t16-/m0/s1. The molecule has 8 heteroatoms. The molecule has 2 rings (SSSR count). The molecule has 5 nitrogen and oxygen atoms in total. The lowest BCUT2D eigenvalue weighted by Crippen LogP contribution is -2.55. The Kier molecular flexibility index (Phi) is 5.10. The molecule has 136 valence electrons. The normalized spacial score (nSPS) is 14.0. The molecule has 1 heterocycles. The van der Waals surface area contributed by atoms with Crippen LogP contribution in [-0.2, 0) is 17.4 Å². The van der Waals surface area contributed by atoms with Gasteiger partial charge in [0.15, 0.2) is 17.9 Å². The van der Waals surface area contributed by atoms with Gasteiger partial charge >= 0.3 is 6.18 Å². The van der Waals surface area contributed by atoms with Crippen molar-refractivity contribution in [2.24, 2.45) is 7.05 Å². The summed E-state index contributed by atoms with van der Waals surface area (Å²) in [5.41, 5.74) is -1.31. The molecule has 1 atom stereocenters. The average Bonchev–Trinajstić information content (AvgIpc) is 2.77. The molecule has 0 fully saturated rings. The van der Waals surface area contributed by atoms with Crippen LogP contribution in [-0.4, -0.2) is 28.5 Å². The minimum absolute atomic E-state index is 0.0513. The molecule has 2 aromatic rings. The maximum Gasteiger partial charge on any atom is 0.415 e. The number of amides is 1. The molecule has 0 saturated carbocycles. The number of aryl methyl sites for hydroxylation is 2. The zero-order valence-corrected chi connectivity index (χ0v) is 14.4. The summed E-state index contributed by atoms with van der Waals surface area (Å²) >= 11 is 0. The molecule has 1 amide bonds. The fraction of sp³-hybridized carbons (Fsp3) is 0.412. The van der Waals surface area contributed by atoms with Gasteiger partial charge in [0, 0.05) is 7.05 Å². The van der Waals surface area contributed by atoms with E-state index in [2.05, 4.69) is 5.10 Å². The van der Waals surface area contributed by atoms with E-state index < -0.39 is 24.2 Å². The van der Waals surface area contributed by atoms with Crippen molar-refractivity contribution in [2.75, 3.05) is 6.61 Å². The third-order valence-corrected chi connectivity index (χ3v) is 4.10. The van der Waals surface area contributed by atoms with Gasteiger partial charge in [-0.3, -0.25) is 9.48 Å². The number of rotatable bonds is 5. The second kappa shape index (κ2) is 6.78. The Hall–Kier alpha value is -2.51. The topological polar surface area (TPSA) is 56.2 Å². The summed E-state index contributed by atoms with van der Waals surface area (Å²) in [6.45, 7) is 3.84. The van der Waals surface area contributed by atoms with Crippen LogP contribution in [0.15, 0.2) is 30.3 Å². The Morgan fingerprint density at radius 2 is 1.84 bits per heavy atom. The van der Waals surface area contributed by atoms with Crippen LogP contribution in [0.25, 0.3) is 0 Å². The van der Waals surface area contributed by atoms with Crippen molar-refractivity contribution in [1.82, 2.24) is 15.1 Å². The summed E-state index contributed by atoms with van der Waals surface area (Å²) in [5, 5.41) is 6.18. The SMILES string of the molecule is Cc1nn(C)c(C)c1OCC(=O)N[C@@](C)(c1ccccc1)C(F)(F)F. The Balaban J connectivity index is 2.16. The molecule has 0 aliphatic carbocycles. The van der Waals surface area contributed by atoms with E-state index in [1.807, 2.05) is 5.32 Å². The van der Waals surface area contributed by atoms with Gasteiger partial charge in [-0.15, -0.1) is 0 Å². The van der Waals surface area contributed by atoms with Crippen molar-refractivity contribution in [2.45, 2.75) is 32.5 Å². The predicted molar refractivity (Wildman–Crippen MR) is 86.2 cm³/mol. The first-order valence-electron chi connectivity index (χ1n) is 7.62. The van der Waals surface area contributed by atoms with Gasteiger partial charge in [-0.25, -0.2) is 0 Å². The third kappa shape index (κ3) is 3.78. The Bertz CT molecular complexity index is 756. The van der Waals surface area contributed by atoms with E-state index in [4.69, 9.17) is 4.74 Å². The summed E-state index contributed by atoms with van der Waals surface area (Å²) in [6.07, 6.45) is -4.66. The lowest BCUT2D eigenvalue weighted by Gasteiger charge is -2.33. The quantitative estimate of drug-likeness (QED) is 0.897. The number of carbonyl (C=O) groups is 1. The van der Waals surface area contributed by atoms with Crippen LogP contribution in [0, 0.1) is 13.8 Å². The molecule has 0 aliphatic rings. The minimum atomic E-state index is -4.66. The van der Waals surface area contributed by atoms with E-state index in [-0.39, 0.29) is 5.56 Å². The highest BCUT2D eigenvalue weighted by molar-refractivity contribution is 5.78. The van der Waals surface area contributed by atoms with Gasteiger partial charge in [-0.2, -0.15) is 18.3 Å². The minimum Gasteiger partial charge on any atom is -0.480 e. The fourth-order valence-corrected chi connectivity index (χ4v) is 2.49. The van der Waals surface area contributed by atoms with Gasteiger partial charge < -0.3 is 10.1 Å². The monoisotopic (exact) mass is 355 g/mol. The van der Waals surface area contributed by atoms with Crippen LogP contribution in [0.2, 0.25) is 0 Å². The molecule has 1 aromatic carbocycles. The van der Waals surface area contributed by atoms with Gasteiger partial charge in [0.2, 0.25) is 0 Å². The summed E-state index contributed by atoms with van der Waals surface area (Å²) in [6, 6.07) is 7.24. The molecule has 1 N–H and O–H groups in total. The number of aromatic nitrogens is 2. The van der Waals surface area contributed by atoms with Gasteiger partial charge in [0.1, 0.15) is 5.69 Å². The second-order valence-electron chi connectivity index (χ2n) is 5.95. The first-order chi connectivity index (χ1) is 11.6. The zero-order valence-electron chi connectivity index (χ0n) is 14.4. The highest BCUT2D eigenvalue weighted by Crippen LogP contribution is 2.38. The van der Waals surface area contributed by atoms with Crippen LogP contribution in [0.4, 0.5) is 13.2 Å².